The van der Waals surface area contributed by atoms with Crippen LogP contribution in [-0.4, -0.2) is 49.5 Å². The number of allylic oxidation sites excluding steroid dienone is 2. The number of aromatic hydroxyl groups is 2. The number of aromatic carboxylic acids is 1. The number of alkyl halides is 1. The average Bonchev–Trinajstić information content (AvgIpc) is 3.08. The minimum atomic E-state index is -1.38. The van der Waals surface area contributed by atoms with Gasteiger partial charge in [-0.05, 0) is 49.8 Å². The van der Waals surface area contributed by atoms with Gasteiger partial charge in [0.2, 0.25) is 5.91 Å². The van der Waals surface area contributed by atoms with E-state index in [1.54, 1.807) is 6.08 Å². The van der Waals surface area contributed by atoms with Crippen molar-refractivity contribution < 1.29 is 34.4 Å². The first kappa shape index (κ1) is 22.4. The number of rotatable bonds is 5. The molecule has 9 heteroatoms. The van der Waals surface area contributed by atoms with Crippen LogP contribution in [0.25, 0.3) is 0 Å². The molecule has 4 bridgehead atoms. The summed E-state index contributed by atoms with van der Waals surface area (Å²) < 4.78 is 6.47. The largest absolute Gasteiger partial charge is 0.506 e. The van der Waals surface area contributed by atoms with E-state index in [-0.39, 0.29) is 52.2 Å². The van der Waals surface area contributed by atoms with E-state index in [1.165, 1.54) is 0 Å². The van der Waals surface area contributed by atoms with E-state index in [9.17, 15) is 24.6 Å². The van der Waals surface area contributed by atoms with Crippen molar-refractivity contribution in [2.75, 3.05) is 5.32 Å². The second-order valence-electron chi connectivity index (χ2n) is 10.4. The quantitative estimate of drug-likeness (QED) is 0.344. The van der Waals surface area contributed by atoms with Crippen LogP contribution in [0.3, 0.4) is 0 Å². The van der Waals surface area contributed by atoms with E-state index in [2.05, 4.69) is 34.2 Å². The van der Waals surface area contributed by atoms with Gasteiger partial charge in [0.25, 0.3) is 0 Å². The number of amides is 1. The number of phenols is 2. The lowest BCUT2D eigenvalue weighted by atomic mass is 9.51. The Morgan fingerprint density at radius 2 is 2.00 bits per heavy atom. The minimum absolute atomic E-state index is 0.0354. The number of hydrogen-bond donors (Lipinski definition) is 4. The fourth-order valence-corrected chi connectivity index (χ4v) is 8.18. The number of ketones is 1. The smallest absolute Gasteiger partial charge is 0.339 e. The first-order valence-electron chi connectivity index (χ1n) is 11.1. The van der Waals surface area contributed by atoms with Crippen molar-refractivity contribution in [2.24, 2.45) is 22.7 Å². The number of carbonyl (C=O) groups excluding carboxylic acids is 2. The van der Waals surface area contributed by atoms with Crippen LogP contribution in [0.2, 0.25) is 0 Å². The molecule has 8 nitrogen and oxygen atoms in total. The van der Waals surface area contributed by atoms with Crippen LogP contribution in [0.15, 0.2) is 24.3 Å². The highest BCUT2D eigenvalue weighted by molar-refractivity contribution is 9.09. The van der Waals surface area contributed by atoms with Crippen LogP contribution in [0.4, 0.5) is 5.69 Å². The maximum absolute atomic E-state index is 13.2. The Hall–Kier alpha value is -2.39. The molecule has 2 saturated heterocycles. The lowest BCUT2D eigenvalue weighted by Crippen LogP contribution is -2.58. The van der Waals surface area contributed by atoms with Crippen molar-refractivity contribution in [3.05, 3.63) is 29.8 Å². The van der Waals surface area contributed by atoms with Crippen LogP contribution < -0.4 is 5.32 Å². The normalized spacial score (nSPS) is 40.2. The minimum Gasteiger partial charge on any atom is -0.506 e. The Bertz CT molecular complexity index is 1120. The summed E-state index contributed by atoms with van der Waals surface area (Å²) in [4.78, 5) is 37.3. The van der Waals surface area contributed by atoms with Crippen molar-refractivity contribution in [3.63, 3.8) is 0 Å². The number of halogens is 1. The van der Waals surface area contributed by atoms with Crippen molar-refractivity contribution >= 4 is 39.3 Å². The van der Waals surface area contributed by atoms with E-state index >= 15 is 0 Å². The molecule has 4 N–H and O–H groups in total. The van der Waals surface area contributed by atoms with Crippen LogP contribution in [0, 0.1) is 22.7 Å². The maximum Gasteiger partial charge on any atom is 0.339 e. The van der Waals surface area contributed by atoms with E-state index in [0.29, 0.717) is 5.92 Å². The number of carbonyl (C=O) groups is 3. The van der Waals surface area contributed by atoms with Gasteiger partial charge in [-0.2, -0.15) is 0 Å². The summed E-state index contributed by atoms with van der Waals surface area (Å²) in [6.45, 7) is 4.05. The standard InChI is InChI=1S/C24H26BrNO7/c1-22(7-6-15(29)26-17-13(27)4-3-11(18(17)30)21(31)32)14(28)5-8-24-9-12-16(25)19(20(22)24)33-23(12,2)10-24/h3-5,8,12,16,19-20,27,30H,6-7,9-10H2,1-2H3,(H,26,29)(H,31,32)/t12?,16-,19?,20?,22+,23?,24?/m0/s1. The molecule has 176 valence electrons. The monoisotopic (exact) mass is 519 g/mol. The molecular formula is C24H26BrNO7. The Balaban J connectivity index is 1.38. The number of carboxylic acids is 1. The zero-order valence-corrected chi connectivity index (χ0v) is 19.9. The Labute approximate surface area is 199 Å². The molecule has 0 radical (unpaired) electrons. The average molecular weight is 520 g/mol. The number of benzene rings is 1. The first-order valence-corrected chi connectivity index (χ1v) is 12.0. The van der Waals surface area contributed by atoms with Gasteiger partial charge in [0.15, 0.2) is 11.5 Å². The summed E-state index contributed by atoms with van der Waals surface area (Å²) in [5.41, 5.74) is -1.94. The van der Waals surface area contributed by atoms with Gasteiger partial charge in [-0.1, -0.05) is 28.9 Å². The van der Waals surface area contributed by atoms with Gasteiger partial charge in [0.05, 0.1) is 11.7 Å². The molecule has 1 aromatic carbocycles. The molecule has 4 fully saturated rings. The van der Waals surface area contributed by atoms with Crippen molar-refractivity contribution in [1.82, 2.24) is 0 Å². The predicted molar refractivity (Wildman–Crippen MR) is 121 cm³/mol. The van der Waals surface area contributed by atoms with Gasteiger partial charge < -0.3 is 25.4 Å². The highest BCUT2D eigenvalue weighted by Gasteiger charge is 2.74. The molecular weight excluding hydrogens is 494 g/mol. The summed E-state index contributed by atoms with van der Waals surface area (Å²) in [6, 6.07) is 2.15. The number of nitrogens with one attached hydrogen (secondary N) is 1. The lowest BCUT2D eigenvalue weighted by Gasteiger charge is -2.56. The summed E-state index contributed by atoms with van der Waals surface area (Å²) in [5, 5.41) is 31.8. The Morgan fingerprint density at radius 3 is 2.67 bits per heavy atom. The second-order valence-corrected chi connectivity index (χ2v) is 11.4. The van der Waals surface area contributed by atoms with E-state index in [1.807, 2.05) is 6.92 Å². The second kappa shape index (κ2) is 7.06. The first-order chi connectivity index (χ1) is 15.4. The van der Waals surface area contributed by atoms with Crippen molar-refractivity contribution in [1.29, 1.82) is 0 Å². The van der Waals surface area contributed by atoms with Crippen molar-refractivity contribution in [3.8, 4) is 11.5 Å². The third-order valence-electron chi connectivity index (χ3n) is 8.45. The summed E-state index contributed by atoms with van der Waals surface area (Å²) in [7, 11) is 0. The molecule has 2 heterocycles. The number of anilines is 1. The van der Waals surface area contributed by atoms with Crippen LogP contribution >= 0.6 is 15.9 Å². The number of ether oxygens (including phenoxy) is 1. The molecule has 2 saturated carbocycles. The fraction of sp³-hybridized carbons (Fsp3) is 0.542. The molecule has 6 rings (SSSR count). The van der Waals surface area contributed by atoms with Crippen LogP contribution in [0.5, 0.6) is 11.5 Å². The summed E-state index contributed by atoms with van der Waals surface area (Å²) >= 11 is 3.83. The molecule has 1 spiro atoms. The molecule has 5 unspecified atom stereocenters. The third-order valence-corrected chi connectivity index (χ3v) is 9.61. The number of carboxylic acid groups (broad SMARTS) is 1. The fourth-order valence-electron chi connectivity index (χ4n) is 7.02. The SMILES string of the molecule is CC12CC34C=CC(=O)[C@@](C)(CCC(=O)Nc5c(O)ccc(C(=O)O)c5O)C3C(O1)[C@@H](Br)C2C4. The molecule has 1 aromatic rings. The Kier molecular flexibility index (Phi) is 4.79. The van der Waals surface area contributed by atoms with Crippen LogP contribution in [0.1, 0.15) is 49.9 Å². The molecule has 5 aliphatic rings. The van der Waals surface area contributed by atoms with Crippen LogP contribution in [-0.2, 0) is 14.3 Å². The lowest BCUT2D eigenvalue weighted by molar-refractivity contribution is -0.168. The van der Waals surface area contributed by atoms with E-state index < -0.39 is 34.4 Å². The summed E-state index contributed by atoms with van der Waals surface area (Å²) in [6.07, 6.45) is 5.63. The zero-order valence-electron chi connectivity index (χ0n) is 18.3. The molecule has 0 aromatic heterocycles. The van der Waals surface area contributed by atoms with Gasteiger partial charge in [0, 0.05) is 28.5 Å². The molecule has 33 heavy (non-hydrogen) atoms. The molecule has 1 amide bonds. The third kappa shape index (κ3) is 3.01. The van der Waals surface area contributed by atoms with Gasteiger partial charge in [-0.3, -0.25) is 9.59 Å². The van der Waals surface area contributed by atoms with Gasteiger partial charge in [-0.25, -0.2) is 4.79 Å². The molecule has 7 atom stereocenters. The van der Waals surface area contributed by atoms with Gasteiger partial charge >= 0.3 is 5.97 Å². The van der Waals surface area contributed by atoms with E-state index in [4.69, 9.17) is 9.84 Å². The Morgan fingerprint density at radius 1 is 1.27 bits per heavy atom. The highest BCUT2D eigenvalue weighted by Crippen LogP contribution is 2.72. The molecule has 3 aliphatic carbocycles. The zero-order chi connectivity index (χ0) is 23.9. The highest BCUT2D eigenvalue weighted by atomic mass is 79.9. The number of phenolic OH excluding ortho intramolecular Hbond substituents is 1. The number of hydrogen-bond acceptors (Lipinski definition) is 6. The summed E-state index contributed by atoms with van der Waals surface area (Å²) in [5.74, 6) is -2.79. The van der Waals surface area contributed by atoms with Gasteiger partial charge in [-0.15, -0.1) is 0 Å². The van der Waals surface area contributed by atoms with E-state index in [0.717, 1.165) is 25.0 Å². The topological polar surface area (TPSA) is 133 Å². The predicted octanol–water partition coefficient (Wildman–Crippen LogP) is 3.61. The maximum atomic E-state index is 13.2. The molecule has 2 aliphatic heterocycles. The van der Waals surface area contributed by atoms with Gasteiger partial charge in [0.1, 0.15) is 17.0 Å². The van der Waals surface area contributed by atoms with Crippen molar-refractivity contribution in [2.45, 2.75) is 56.1 Å².